The molecule has 2 fully saturated rings. The lowest BCUT2D eigenvalue weighted by molar-refractivity contribution is -0.0453. The Balaban J connectivity index is 0.971. The predicted molar refractivity (Wildman–Crippen MR) is 199 cm³/mol. The molecule has 2 aromatic carbocycles. The van der Waals surface area contributed by atoms with Crippen LogP contribution in [0, 0.1) is 0 Å². The third kappa shape index (κ3) is 7.70. The summed E-state index contributed by atoms with van der Waals surface area (Å²) in [6, 6.07) is 10.1. The first-order valence-electron chi connectivity index (χ1n) is 17.8. The highest BCUT2D eigenvalue weighted by atomic mass is 16.7. The van der Waals surface area contributed by atoms with Crippen molar-refractivity contribution in [3.05, 3.63) is 94.3 Å². The summed E-state index contributed by atoms with van der Waals surface area (Å²) in [4.78, 5) is 11.8. The van der Waals surface area contributed by atoms with Gasteiger partial charge in [-0.1, -0.05) is 11.1 Å². The Bertz CT molecular complexity index is 2230. The Hall–Kier alpha value is -4.77. The maximum Gasteiger partial charge on any atom is 0.336 e. The Labute approximate surface area is 302 Å². The molecule has 10 heteroatoms. The Morgan fingerprint density at radius 2 is 1.37 bits per heavy atom. The van der Waals surface area contributed by atoms with Crippen molar-refractivity contribution < 1.29 is 42.0 Å². The van der Waals surface area contributed by atoms with Crippen molar-refractivity contribution in [2.45, 2.75) is 96.9 Å². The van der Waals surface area contributed by atoms with Gasteiger partial charge in [0.1, 0.15) is 47.2 Å². The van der Waals surface area contributed by atoms with E-state index in [1.165, 1.54) is 11.6 Å². The average molecular weight is 711 g/mol. The third-order valence-electron chi connectivity index (χ3n) is 10.0. The standard InChI is InChI=1S/C42H46O10/c1-25(16-20-48-40-28-9-13-37(44)49-34(28)24-33-30(40)18-22-46-33)7-11-35-41(3,4)52-38(50-35)14-10-27-31(43)23-32-29(17-21-45-32)39(27)47-19-15-26(2)8-12-36-42(5,6)51-36/h9-10,13-18,21-24,35-36,38,43H,7-8,11-12,19-20H2,1-6H3/b14-10-,25-16+,26-15+/t35-,36?,38-/m1/s1. The van der Waals surface area contributed by atoms with E-state index in [-0.39, 0.29) is 17.5 Å². The van der Waals surface area contributed by atoms with Crippen molar-refractivity contribution >= 4 is 39.0 Å². The number of epoxide rings is 1. The minimum Gasteiger partial charge on any atom is -0.507 e. The number of hydrogen-bond donors (Lipinski definition) is 1. The second-order valence-corrected chi connectivity index (χ2v) is 14.8. The molecule has 52 heavy (non-hydrogen) atoms. The van der Waals surface area contributed by atoms with E-state index in [2.05, 4.69) is 33.8 Å². The smallest absolute Gasteiger partial charge is 0.336 e. The van der Waals surface area contributed by atoms with Crippen molar-refractivity contribution in [2.24, 2.45) is 0 Å². The van der Waals surface area contributed by atoms with Crippen LogP contribution >= 0.6 is 0 Å². The summed E-state index contributed by atoms with van der Waals surface area (Å²) in [5.74, 6) is 1.19. The van der Waals surface area contributed by atoms with E-state index in [0.29, 0.717) is 58.5 Å². The lowest BCUT2D eigenvalue weighted by atomic mass is 9.96. The van der Waals surface area contributed by atoms with Crippen LogP contribution in [0.3, 0.4) is 0 Å². The summed E-state index contributed by atoms with van der Waals surface area (Å²) in [6.45, 7) is 13.1. The summed E-state index contributed by atoms with van der Waals surface area (Å²) in [5, 5.41) is 13.3. The summed E-state index contributed by atoms with van der Waals surface area (Å²) in [6.07, 6.45) is 13.8. The van der Waals surface area contributed by atoms with Crippen molar-refractivity contribution in [2.75, 3.05) is 13.2 Å². The number of furan rings is 2. The molecule has 7 rings (SSSR count). The molecule has 1 unspecified atom stereocenters. The van der Waals surface area contributed by atoms with Gasteiger partial charge in [0, 0.05) is 18.2 Å². The lowest BCUT2D eigenvalue weighted by Crippen LogP contribution is -2.32. The highest BCUT2D eigenvalue weighted by Crippen LogP contribution is 2.41. The van der Waals surface area contributed by atoms with Gasteiger partial charge in [-0.05, 0) is 110 Å². The van der Waals surface area contributed by atoms with Gasteiger partial charge in [-0.25, -0.2) is 4.79 Å². The molecule has 0 saturated carbocycles. The molecule has 5 heterocycles. The van der Waals surface area contributed by atoms with E-state index >= 15 is 0 Å². The average Bonchev–Trinajstić information content (AvgIpc) is 3.51. The van der Waals surface area contributed by atoms with Crippen LogP contribution in [0.25, 0.3) is 39.0 Å². The maximum absolute atomic E-state index is 11.8. The minimum atomic E-state index is -0.611. The molecule has 2 aliphatic rings. The number of benzene rings is 2. The van der Waals surface area contributed by atoms with Crippen molar-refractivity contribution in [3.63, 3.8) is 0 Å². The SMILES string of the molecule is C/C(=C\COc1c(/C=C\[C@@H]2O[C@H](CC/C(C)=C/COc3c4ccoc4cc4oc(=O)ccc34)C(C)(C)O2)c(O)cc2occc12)CCC1OC1(C)C. The van der Waals surface area contributed by atoms with E-state index < -0.39 is 17.5 Å². The quantitative estimate of drug-likeness (QED) is 0.0676. The molecule has 0 radical (unpaired) electrons. The van der Waals surface area contributed by atoms with E-state index in [0.717, 1.165) is 42.0 Å². The van der Waals surface area contributed by atoms with Crippen LogP contribution in [-0.4, -0.2) is 48.0 Å². The Kier molecular flexibility index (Phi) is 9.82. The topological polar surface area (TPSA) is 126 Å². The minimum absolute atomic E-state index is 0.0158. The molecule has 2 saturated heterocycles. The third-order valence-corrected chi connectivity index (χ3v) is 10.0. The predicted octanol–water partition coefficient (Wildman–Crippen LogP) is 9.61. The summed E-state index contributed by atoms with van der Waals surface area (Å²) >= 11 is 0. The van der Waals surface area contributed by atoms with Crippen LogP contribution in [0.15, 0.2) is 96.3 Å². The van der Waals surface area contributed by atoms with Gasteiger partial charge in [0.2, 0.25) is 0 Å². The number of hydrogen-bond acceptors (Lipinski definition) is 10. The van der Waals surface area contributed by atoms with Crippen LogP contribution in [0.4, 0.5) is 0 Å². The van der Waals surface area contributed by atoms with Crippen LogP contribution in [-0.2, 0) is 14.2 Å². The van der Waals surface area contributed by atoms with E-state index in [1.54, 1.807) is 36.8 Å². The molecule has 10 nitrogen and oxygen atoms in total. The van der Waals surface area contributed by atoms with Gasteiger partial charge < -0.3 is 42.0 Å². The van der Waals surface area contributed by atoms with E-state index in [4.69, 9.17) is 36.9 Å². The van der Waals surface area contributed by atoms with Crippen molar-refractivity contribution in [1.82, 2.24) is 0 Å². The van der Waals surface area contributed by atoms with E-state index in [9.17, 15) is 9.90 Å². The molecule has 2 aliphatic heterocycles. The fraction of sp³-hybridized carbons (Fsp3) is 0.405. The van der Waals surface area contributed by atoms with Gasteiger partial charge in [0.15, 0.2) is 6.29 Å². The highest BCUT2D eigenvalue weighted by Gasteiger charge is 2.46. The number of fused-ring (bicyclic) bond motifs is 3. The first-order chi connectivity index (χ1) is 24.9. The molecule has 1 N–H and O–H groups in total. The monoisotopic (exact) mass is 710 g/mol. The van der Waals surface area contributed by atoms with Crippen LogP contribution in [0.1, 0.15) is 72.8 Å². The van der Waals surface area contributed by atoms with Crippen LogP contribution in [0.5, 0.6) is 17.2 Å². The number of phenolic OH excluding ortho intramolecular Hbond substituents is 1. The number of aromatic hydroxyl groups is 1. The molecule has 3 aromatic heterocycles. The molecule has 0 amide bonds. The zero-order valence-electron chi connectivity index (χ0n) is 30.5. The molecule has 3 atom stereocenters. The second-order valence-electron chi connectivity index (χ2n) is 14.8. The van der Waals surface area contributed by atoms with Gasteiger partial charge in [0.05, 0.1) is 57.7 Å². The fourth-order valence-electron chi connectivity index (χ4n) is 6.77. The molecule has 0 spiro atoms. The van der Waals surface area contributed by atoms with E-state index in [1.807, 2.05) is 38.1 Å². The fourth-order valence-corrected chi connectivity index (χ4v) is 6.77. The van der Waals surface area contributed by atoms with Gasteiger partial charge in [-0.2, -0.15) is 0 Å². The van der Waals surface area contributed by atoms with Gasteiger partial charge >= 0.3 is 5.63 Å². The first kappa shape index (κ1) is 35.6. The molecule has 5 aromatic rings. The summed E-state index contributed by atoms with van der Waals surface area (Å²) in [5.41, 5.74) is 3.46. The summed E-state index contributed by atoms with van der Waals surface area (Å²) < 4.78 is 47.4. The maximum atomic E-state index is 11.8. The Morgan fingerprint density at radius 1 is 0.769 bits per heavy atom. The van der Waals surface area contributed by atoms with Crippen molar-refractivity contribution in [1.29, 1.82) is 0 Å². The normalized spacial score (nSPS) is 21.5. The molecule has 274 valence electrons. The van der Waals surface area contributed by atoms with Gasteiger partial charge in [0.25, 0.3) is 0 Å². The Morgan fingerprint density at radius 3 is 2.04 bits per heavy atom. The molecule has 0 bridgehead atoms. The van der Waals surface area contributed by atoms with Crippen LogP contribution < -0.4 is 15.1 Å². The highest BCUT2D eigenvalue weighted by molar-refractivity contribution is 6.01. The zero-order chi connectivity index (χ0) is 36.6. The van der Waals surface area contributed by atoms with Gasteiger partial charge in [-0.3, -0.25) is 0 Å². The van der Waals surface area contributed by atoms with Crippen molar-refractivity contribution in [3.8, 4) is 17.2 Å². The van der Waals surface area contributed by atoms with Crippen LogP contribution in [0.2, 0.25) is 0 Å². The lowest BCUT2D eigenvalue weighted by Gasteiger charge is -2.23. The first-order valence-corrected chi connectivity index (χ1v) is 17.8. The zero-order valence-corrected chi connectivity index (χ0v) is 30.5. The van der Waals surface area contributed by atoms with Gasteiger partial charge in [-0.15, -0.1) is 0 Å². The summed E-state index contributed by atoms with van der Waals surface area (Å²) in [7, 11) is 0. The number of allylic oxidation sites excluding steroid dienone is 2. The number of phenols is 1. The molecular formula is C42H46O10. The second kappa shape index (κ2) is 14.3. The number of ether oxygens (including phenoxy) is 5. The molecule has 0 aliphatic carbocycles. The largest absolute Gasteiger partial charge is 0.507 e. The molecular weight excluding hydrogens is 664 g/mol. The number of rotatable bonds is 14.